The summed E-state index contributed by atoms with van der Waals surface area (Å²) in [6.07, 6.45) is 0. The number of hydrogen-bond acceptors (Lipinski definition) is 2. The van der Waals surface area contributed by atoms with Gasteiger partial charge >= 0.3 is 0 Å². The van der Waals surface area contributed by atoms with Crippen molar-refractivity contribution in [1.29, 1.82) is 5.41 Å². The van der Waals surface area contributed by atoms with E-state index >= 15 is 0 Å². The summed E-state index contributed by atoms with van der Waals surface area (Å²) < 4.78 is 1.25. The van der Waals surface area contributed by atoms with Gasteiger partial charge < -0.3 is 5.73 Å². The van der Waals surface area contributed by atoms with Crippen LogP contribution in [0.1, 0.15) is 10.4 Å². The molecule has 0 fully saturated rings. The number of fused-ring (bicyclic) bond motifs is 1. The van der Waals surface area contributed by atoms with Gasteiger partial charge in [0.1, 0.15) is 5.84 Å². The summed E-state index contributed by atoms with van der Waals surface area (Å²) in [4.78, 5) is 1.29. The van der Waals surface area contributed by atoms with Crippen LogP contribution in [0.25, 0.3) is 10.1 Å². The monoisotopic (exact) mass is 190 g/mol. The average molecular weight is 190 g/mol. The summed E-state index contributed by atoms with van der Waals surface area (Å²) in [5, 5.41) is 8.47. The molecule has 0 atom stereocenters. The third-order valence-electron chi connectivity index (χ3n) is 1.95. The second-order valence-corrected chi connectivity index (χ2v) is 4.31. The Kier molecular flexibility index (Phi) is 1.81. The Morgan fingerprint density at radius 2 is 2.15 bits per heavy atom. The zero-order chi connectivity index (χ0) is 9.42. The van der Waals surface area contributed by atoms with Gasteiger partial charge in [-0.05, 0) is 36.6 Å². The number of benzene rings is 1. The number of hydrogen-bond donors (Lipinski definition) is 2. The van der Waals surface area contributed by atoms with Crippen molar-refractivity contribution in [3.63, 3.8) is 0 Å². The maximum absolute atomic E-state index is 7.30. The van der Waals surface area contributed by atoms with E-state index in [0.29, 0.717) is 0 Å². The van der Waals surface area contributed by atoms with E-state index in [1.165, 1.54) is 15.0 Å². The number of nitrogens with two attached hydrogens (primary N) is 1. The van der Waals surface area contributed by atoms with E-state index in [-0.39, 0.29) is 5.84 Å². The van der Waals surface area contributed by atoms with E-state index in [2.05, 4.69) is 13.0 Å². The molecule has 0 radical (unpaired) electrons. The van der Waals surface area contributed by atoms with E-state index in [1.54, 1.807) is 11.3 Å². The minimum atomic E-state index is 0.130. The van der Waals surface area contributed by atoms with E-state index < -0.39 is 0 Å². The number of nitrogens with one attached hydrogen (secondary N) is 1. The molecule has 0 aliphatic heterocycles. The fourth-order valence-electron chi connectivity index (χ4n) is 1.34. The van der Waals surface area contributed by atoms with Crippen molar-refractivity contribution < 1.29 is 0 Å². The number of nitrogen functional groups attached to an aromatic ring is 1. The number of amidine groups is 1. The third-order valence-corrected chi connectivity index (χ3v) is 2.98. The maximum atomic E-state index is 7.30. The maximum Gasteiger partial charge on any atom is 0.122 e. The fourth-order valence-corrected chi connectivity index (χ4v) is 2.25. The smallest absolute Gasteiger partial charge is 0.122 e. The van der Waals surface area contributed by atoms with Crippen molar-refractivity contribution in [3.8, 4) is 0 Å². The van der Waals surface area contributed by atoms with Crippen LogP contribution in [-0.4, -0.2) is 5.84 Å². The molecule has 13 heavy (non-hydrogen) atoms. The van der Waals surface area contributed by atoms with Crippen LogP contribution < -0.4 is 5.73 Å². The quantitative estimate of drug-likeness (QED) is 0.527. The lowest BCUT2D eigenvalue weighted by Crippen LogP contribution is -2.10. The van der Waals surface area contributed by atoms with Crippen molar-refractivity contribution in [1.82, 2.24) is 0 Å². The molecule has 1 aromatic carbocycles. The molecule has 0 aliphatic carbocycles. The molecular formula is C10H10N2S. The second-order valence-electron chi connectivity index (χ2n) is 3.02. The molecule has 3 heteroatoms. The Labute approximate surface area is 80.5 Å². The summed E-state index contributed by atoms with van der Waals surface area (Å²) in [6, 6.07) is 7.98. The minimum absolute atomic E-state index is 0.130. The van der Waals surface area contributed by atoms with E-state index in [9.17, 15) is 0 Å². The molecule has 0 bridgehead atoms. The predicted octanol–water partition coefficient (Wildman–Crippen LogP) is 2.49. The van der Waals surface area contributed by atoms with E-state index in [0.717, 1.165) is 5.56 Å². The lowest BCUT2D eigenvalue weighted by molar-refractivity contribution is 1.43. The fraction of sp³-hybridized carbons (Fsp3) is 0.100. The molecule has 0 saturated carbocycles. The van der Waals surface area contributed by atoms with Crippen LogP contribution in [0.4, 0.5) is 0 Å². The second kappa shape index (κ2) is 2.85. The van der Waals surface area contributed by atoms with Gasteiger partial charge in [-0.15, -0.1) is 11.3 Å². The summed E-state index contributed by atoms with van der Waals surface area (Å²) >= 11 is 1.76. The van der Waals surface area contributed by atoms with Crippen LogP contribution in [0.3, 0.4) is 0 Å². The predicted molar refractivity (Wildman–Crippen MR) is 57.6 cm³/mol. The summed E-state index contributed by atoms with van der Waals surface area (Å²) in [7, 11) is 0. The Bertz CT molecular complexity index is 471. The van der Waals surface area contributed by atoms with Gasteiger partial charge in [0.05, 0.1) is 0 Å². The van der Waals surface area contributed by atoms with E-state index in [4.69, 9.17) is 11.1 Å². The van der Waals surface area contributed by atoms with Crippen LogP contribution in [-0.2, 0) is 0 Å². The van der Waals surface area contributed by atoms with Gasteiger partial charge in [-0.3, -0.25) is 5.41 Å². The van der Waals surface area contributed by atoms with Crippen molar-refractivity contribution in [3.05, 3.63) is 34.7 Å². The highest BCUT2D eigenvalue weighted by Gasteiger charge is 2.01. The SMILES string of the molecule is Cc1cc2cc(C(=N)N)ccc2s1. The van der Waals surface area contributed by atoms with Gasteiger partial charge in [0.15, 0.2) is 0 Å². The first-order valence-corrected chi connectivity index (χ1v) is 4.83. The van der Waals surface area contributed by atoms with Gasteiger partial charge in [0.25, 0.3) is 0 Å². The van der Waals surface area contributed by atoms with E-state index in [1.807, 2.05) is 18.2 Å². The normalized spacial score (nSPS) is 10.5. The molecule has 0 saturated heterocycles. The van der Waals surface area contributed by atoms with Crippen molar-refractivity contribution >= 4 is 27.3 Å². The first kappa shape index (κ1) is 8.26. The van der Waals surface area contributed by atoms with Gasteiger partial charge in [-0.25, -0.2) is 0 Å². The van der Waals surface area contributed by atoms with Crippen LogP contribution in [0, 0.1) is 12.3 Å². The van der Waals surface area contributed by atoms with Gasteiger partial charge in [0, 0.05) is 15.1 Å². The number of thiophene rings is 1. The zero-order valence-electron chi connectivity index (χ0n) is 7.29. The Morgan fingerprint density at radius 3 is 2.85 bits per heavy atom. The average Bonchev–Trinajstić information content (AvgIpc) is 2.42. The summed E-state index contributed by atoms with van der Waals surface area (Å²) in [6.45, 7) is 2.08. The first-order valence-electron chi connectivity index (χ1n) is 4.01. The molecule has 0 aliphatic rings. The van der Waals surface area contributed by atoms with Crippen molar-refractivity contribution in [2.24, 2.45) is 5.73 Å². The van der Waals surface area contributed by atoms with Crippen LogP contribution in [0.15, 0.2) is 24.3 Å². The largest absolute Gasteiger partial charge is 0.384 e. The molecule has 1 heterocycles. The van der Waals surface area contributed by atoms with Crippen LogP contribution in [0.2, 0.25) is 0 Å². The summed E-state index contributed by atoms with van der Waals surface area (Å²) in [5.41, 5.74) is 6.19. The van der Waals surface area contributed by atoms with Crippen LogP contribution >= 0.6 is 11.3 Å². The highest BCUT2D eigenvalue weighted by atomic mass is 32.1. The molecule has 3 N–H and O–H groups in total. The summed E-state index contributed by atoms with van der Waals surface area (Å²) in [5.74, 6) is 0.130. The Balaban J connectivity index is 2.67. The van der Waals surface area contributed by atoms with Crippen molar-refractivity contribution in [2.75, 3.05) is 0 Å². The Hall–Kier alpha value is -1.35. The minimum Gasteiger partial charge on any atom is -0.384 e. The van der Waals surface area contributed by atoms with Crippen LogP contribution in [0.5, 0.6) is 0 Å². The number of rotatable bonds is 1. The molecule has 0 unspecified atom stereocenters. The van der Waals surface area contributed by atoms with Gasteiger partial charge in [-0.2, -0.15) is 0 Å². The molecule has 2 nitrogen and oxygen atoms in total. The molecule has 0 amide bonds. The van der Waals surface area contributed by atoms with Gasteiger partial charge in [0.2, 0.25) is 0 Å². The molecule has 66 valence electrons. The molecule has 2 rings (SSSR count). The Morgan fingerprint density at radius 1 is 1.38 bits per heavy atom. The topological polar surface area (TPSA) is 49.9 Å². The molecule has 1 aromatic heterocycles. The highest BCUT2D eigenvalue weighted by Crippen LogP contribution is 2.25. The number of aryl methyl sites for hydroxylation is 1. The molecule has 2 aromatic rings. The zero-order valence-corrected chi connectivity index (χ0v) is 8.11. The molecule has 0 spiro atoms. The first-order chi connectivity index (χ1) is 6.16. The lowest BCUT2D eigenvalue weighted by atomic mass is 10.1. The van der Waals surface area contributed by atoms with Gasteiger partial charge in [-0.1, -0.05) is 0 Å². The molecular weight excluding hydrogens is 180 g/mol. The third kappa shape index (κ3) is 1.42. The standard InChI is InChI=1S/C10H10N2S/c1-6-4-8-5-7(10(11)12)2-3-9(8)13-6/h2-5H,1H3,(H3,11,12). The highest BCUT2D eigenvalue weighted by molar-refractivity contribution is 7.19. The lowest BCUT2D eigenvalue weighted by Gasteiger charge is -1.96. The van der Waals surface area contributed by atoms with Crippen molar-refractivity contribution in [2.45, 2.75) is 6.92 Å².